The van der Waals surface area contributed by atoms with Crippen molar-refractivity contribution in [2.45, 2.75) is 16.2 Å². The number of hydrogen-bond donors (Lipinski definition) is 0. The zero-order valence-corrected chi connectivity index (χ0v) is 24.0. The highest BCUT2D eigenvalue weighted by molar-refractivity contribution is 7.91. The van der Waals surface area contributed by atoms with Crippen molar-refractivity contribution in [2.75, 3.05) is 56.3 Å². The number of sulfone groups is 2. The van der Waals surface area contributed by atoms with Gasteiger partial charge in [-0.2, -0.15) is 0 Å². The van der Waals surface area contributed by atoms with Crippen LogP contribution in [0.25, 0.3) is 10.2 Å². The molecule has 1 aromatic heterocycles. The number of rotatable bonds is 9. The number of morpholine rings is 1. The van der Waals surface area contributed by atoms with E-state index >= 15 is 0 Å². The quantitative estimate of drug-likeness (QED) is 0.364. The number of hydrogen-bond acceptors (Lipinski definition) is 9. The normalized spacial score (nSPS) is 14.9. The summed E-state index contributed by atoms with van der Waals surface area (Å²) in [5.74, 6) is -0.729. The number of halogens is 2. The van der Waals surface area contributed by atoms with Gasteiger partial charge in [-0.05, 0) is 42.5 Å². The molecule has 0 spiro atoms. The molecule has 1 saturated heterocycles. The standard InChI is InChI=1S/C23H26ClN3O6S3.ClH/c1-35(29,30)19-6-7-20-21(16-19)34-23(25-20)27(10-9-26-11-13-33-14-12-26)22(28)8-15-36(31,32)18-4-2-17(24)3-5-18;/h2-7,16H,8-15H2,1H3;1H. The molecule has 1 fully saturated rings. The van der Waals surface area contributed by atoms with E-state index in [1.54, 1.807) is 12.1 Å². The molecule has 2 heterocycles. The minimum Gasteiger partial charge on any atom is -0.379 e. The lowest BCUT2D eigenvalue weighted by Crippen LogP contribution is -2.43. The molecule has 14 heteroatoms. The Morgan fingerprint density at radius 2 is 1.73 bits per heavy atom. The first-order chi connectivity index (χ1) is 17.0. The van der Waals surface area contributed by atoms with E-state index in [1.165, 1.54) is 46.6 Å². The highest BCUT2D eigenvalue weighted by Gasteiger charge is 2.24. The van der Waals surface area contributed by atoms with Crippen molar-refractivity contribution < 1.29 is 26.4 Å². The number of ether oxygens (including phenoxy) is 1. The molecule has 1 aliphatic heterocycles. The molecule has 1 amide bonds. The number of fused-ring (bicyclic) bond motifs is 1. The Morgan fingerprint density at radius 3 is 2.38 bits per heavy atom. The van der Waals surface area contributed by atoms with E-state index in [0.29, 0.717) is 46.7 Å². The monoisotopic (exact) mass is 607 g/mol. The number of nitrogens with zero attached hydrogens (tertiary/aromatic N) is 3. The average molecular weight is 609 g/mol. The third-order valence-electron chi connectivity index (χ3n) is 5.81. The van der Waals surface area contributed by atoms with Crippen LogP contribution in [-0.4, -0.2) is 84.0 Å². The van der Waals surface area contributed by atoms with E-state index in [-0.39, 0.29) is 40.3 Å². The lowest BCUT2D eigenvalue weighted by atomic mass is 10.3. The van der Waals surface area contributed by atoms with Gasteiger partial charge in [0.25, 0.3) is 0 Å². The fraction of sp³-hybridized carbons (Fsp3) is 0.391. The Balaban J connectivity index is 0.00000380. The van der Waals surface area contributed by atoms with E-state index in [0.717, 1.165) is 19.3 Å². The first-order valence-electron chi connectivity index (χ1n) is 11.2. The summed E-state index contributed by atoms with van der Waals surface area (Å²) in [5.41, 5.74) is 0.570. The summed E-state index contributed by atoms with van der Waals surface area (Å²) in [6.45, 7) is 3.60. The van der Waals surface area contributed by atoms with Gasteiger partial charge in [-0.1, -0.05) is 22.9 Å². The van der Waals surface area contributed by atoms with Crippen LogP contribution in [0.4, 0.5) is 5.13 Å². The molecule has 0 saturated carbocycles. The van der Waals surface area contributed by atoms with Crippen LogP contribution in [-0.2, 0) is 29.2 Å². The third kappa shape index (κ3) is 7.62. The smallest absolute Gasteiger partial charge is 0.229 e. The summed E-state index contributed by atoms with van der Waals surface area (Å²) in [4.78, 5) is 21.8. The largest absolute Gasteiger partial charge is 0.379 e. The number of thiazole rings is 1. The van der Waals surface area contributed by atoms with Crippen LogP contribution in [0.1, 0.15) is 6.42 Å². The Bertz CT molecular complexity index is 1450. The van der Waals surface area contributed by atoms with E-state index in [1.807, 2.05) is 0 Å². The summed E-state index contributed by atoms with van der Waals surface area (Å²) >= 11 is 7.06. The fourth-order valence-electron chi connectivity index (χ4n) is 3.75. The number of aromatic nitrogens is 1. The molecule has 2 aromatic carbocycles. The molecular formula is C23H27Cl2N3O6S3. The van der Waals surface area contributed by atoms with Gasteiger partial charge in [0, 0.05) is 43.9 Å². The van der Waals surface area contributed by atoms with Crippen molar-refractivity contribution in [1.82, 2.24) is 9.88 Å². The van der Waals surface area contributed by atoms with Gasteiger partial charge in [0.1, 0.15) is 0 Å². The zero-order valence-electron chi connectivity index (χ0n) is 20.0. The van der Waals surface area contributed by atoms with Gasteiger partial charge < -0.3 is 4.74 Å². The lowest BCUT2D eigenvalue weighted by molar-refractivity contribution is -0.118. The highest BCUT2D eigenvalue weighted by Crippen LogP contribution is 2.31. The van der Waals surface area contributed by atoms with Crippen molar-refractivity contribution in [1.29, 1.82) is 0 Å². The maximum atomic E-state index is 13.3. The van der Waals surface area contributed by atoms with Crippen LogP contribution in [0.5, 0.6) is 0 Å². The molecule has 3 aromatic rings. The van der Waals surface area contributed by atoms with Crippen LogP contribution >= 0.6 is 35.3 Å². The second kappa shape index (κ2) is 12.4. The fourth-order valence-corrected chi connectivity index (χ4v) is 6.87. The Hall–Kier alpha value is -1.80. The second-order valence-corrected chi connectivity index (χ2v) is 14.0. The minimum absolute atomic E-state index is 0. The number of anilines is 1. The summed E-state index contributed by atoms with van der Waals surface area (Å²) in [5, 5.41) is 0.826. The van der Waals surface area contributed by atoms with Gasteiger partial charge in [0.2, 0.25) is 5.91 Å². The van der Waals surface area contributed by atoms with E-state index in [2.05, 4.69) is 9.88 Å². The van der Waals surface area contributed by atoms with Crippen molar-refractivity contribution in [3.8, 4) is 0 Å². The molecule has 0 radical (unpaired) electrons. The van der Waals surface area contributed by atoms with Crippen LogP contribution in [0.2, 0.25) is 5.02 Å². The van der Waals surface area contributed by atoms with Gasteiger partial charge in [-0.25, -0.2) is 21.8 Å². The van der Waals surface area contributed by atoms with Gasteiger partial charge >= 0.3 is 0 Å². The molecule has 0 aliphatic carbocycles. The maximum absolute atomic E-state index is 13.3. The Labute approximate surface area is 231 Å². The number of carbonyl (C=O) groups is 1. The van der Waals surface area contributed by atoms with Gasteiger partial charge in [-0.3, -0.25) is 14.6 Å². The maximum Gasteiger partial charge on any atom is 0.229 e. The predicted octanol–water partition coefficient (Wildman–Crippen LogP) is 3.30. The van der Waals surface area contributed by atoms with Crippen LogP contribution in [0.15, 0.2) is 52.3 Å². The van der Waals surface area contributed by atoms with Crippen molar-refractivity contribution in [3.05, 3.63) is 47.5 Å². The summed E-state index contributed by atoms with van der Waals surface area (Å²) in [6.07, 6.45) is 0.911. The van der Waals surface area contributed by atoms with Gasteiger partial charge in [0.15, 0.2) is 24.8 Å². The van der Waals surface area contributed by atoms with E-state index in [4.69, 9.17) is 16.3 Å². The number of carbonyl (C=O) groups excluding carboxylic acids is 1. The zero-order chi connectivity index (χ0) is 25.9. The van der Waals surface area contributed by atoms with Crippen LogP contribution < -0.4 is 4.90 Å². The number of amides is 1. The summed E-state index contributed by atoms with van der Waals surface area (Å²) in [7, 11) is -7.08. The predicted molar refractivity (Wildman–Crippen MR) is 148 cm³/mol. The third-order valence-corrected chi connectivity index (χ3v) is 9.95. The summed E-state index contributed by atoms with van der Waals surface area (Å²) in [6, 6.07) is 10.5. The number of benzene rings is 2. The molecule has 1 aliphatic rings. The SMILES string of the molecule is CS(=O)(=O)c1ccc2nc(N(CCN3CCOCC3)C(=O)CCS(=O)(=O)c3ccc(Cl)cc3)sc2c1.Cl. The molecule has 0 N–H and O–H groups in total. The first-order valence-corrected chi connectivity index (χ1v) is 16.0. The first kappa shape index (κ1) is 29.8. The molecule has 0 atom stereocenters. The lowest BCUT2D eigenvalue weighted by Gasteiger charge is -2.29. The van der Waals surface area contributed by atoms with Crippen molar-refractivity contribution >= 4 is 76.3 Å². The molecule has 4 rings (SSSR count). The summed E-state index contributed by atoms with van der Waals surface area (Å²) < 4.78 is 55.5. The van der Waals surface area contributed by atoms with Gasteiger partial charge in [-0.15, -0.1) is 12.4 Å². The molecular weight excluding hydrogens is 581 g/mol. The Morgan fingerprint density at radius 1 is 1.08 bits per heavy atom. The second-order valence-electron chi connectivity index (χ2n) is 8.42. The van der Waals surface area contributed by atoms with Crippen LogP contribution in [0.3, 0.4) is 0 Å². The van der Waals surface area contributed by atoms with E-state index in [9.17, 15) is 21.6 Å². The molecule has 0 bridgehead atoms. The van der Waals surface area contributed by atoms with Crippen LogP contribution in [0, 0.1) is 0 Å². The average Bonchev–Trinajstić information content (AvgIpc) is 3.26. The van der Waals surface area contributed by atoms with Crippen molar-refractivity contribution in [3.63, 3.8) is 0 Å². The van der Waals surface area contributed by atoms with Gasteiger partial charge in [0.05, 0.1) is 39.0 Å². The molecule has 202 valence electrons. The molecule has 9 nitrogen and oxygen atoms in total. The van der Waals surface area contributed by atoms with E-state index < -0.39 is 19.7 Å². The highest BCUT2D eigenvalue weighted by atomic mass is 35.5. The topological polar surface area (TPSA) is 114 Å². The Kier molecular flexibility index (Phi) is 9.95. The molecule has 0 unspecified atom stereocenters. The van der Waals surface area contributed by atoms with Crippen molar-refractivity contribution in [2.24, 2.45) is 0 Å². The minimum atomic E-state index is -3.69. The molecule has 37 heavy (non-hydrogen) atoms.